The second kappa shape index (κ2) is 29.9. The number of aromatic amines is 1. The van der Waals surface area contributed by atoms with Crippen LogP contribution in [0.25, 0.3) is 10.9 Å². The summed E-state index contributed by atoms with van der Waals surface area (Å²) in [6.45, 7) is 5.25. The second-order valence-corrected chi connectivity index (χ2v) is 18.2. The lowest BCUT2D eigenvalue weighted by Gasteiger charge is -2.28. The maximum absolute atomic E-state index is 14.6. The molecule has 4 rings (SSSR count). The van der Waals surface area contributed by atoms with Crippen LogP contribution in [-0.2, 0) is 51.2 Å². The van der Waals surface area contributed by atoms with Gasteiger partial charge in [0.2, 0.25) is 47.3 Å². The lowest BCUT2D eigenvalue weighted by molar-refractivity contribution is -0.135. The number of aromatic nitrogens is 1. The number of nitrogens with one attached hydrogen (secondary N) is 9. The Morgan fingerprint density at radius 2 is 1.32 bits per heavy atom. The molecule has 1 unspecified atom stereocenters. The van der Waals surface area contributed by atoms with E-state index in [0.29, 0.717) is 16.8 Å². The predicted octanol–water partition coefficient (Wildman–Crippen LogP) is -3.43. The monoisotopic (exact) mass is 1040 g/mol. The van der Waals surface area contributed by atoms with E-state index in [-0.39, 0.29) is 114 Å². The summed E-state index contributed by atoms with van der Waals surface area (Å²) < 4.78 is 0. The number of fused-ring (bicyclic) bond motifs is 1. The van der Waals surface area contributed by atoms with Crippen LogP contribution in [-0.4, -0.2) is 133 Å². The molecule has 3 aromatic rings. The van der Waals surface area contributed by atoms with Gasteiger partial charge in [-0.3, -0.25) is 48.3 Å². The molecule has 26 heteroatoms. The van der Waals surface area contributed by atoms with Crippen molar-refractivity contribution < 1.29 is 38.4 Å². The van der Waals surface area contributed by atoms with Crippen molar-refractivity contribution in [2.75, 3.05) is 31.9 Å². The van der Waals surface area contributed by atoms with Gasteiger partial charge < -0.3 is 87.7 Å². The average molecular weight is 1040 g/mol. The Bertz CT molecular complexity index is 2520. The molecule has 408 valence electrons. The molecule has 7 atom stereocenters. The number of aliphatic imine (C=N–C) groups is 2. The number of amides is 8. The first-order valence-corrected chi connectivity index (χ1v) is 24.7. The maximum Gasteiger partial charge on any atom is 0.243 e. The molecule has 0 spiro atoms. The molecule has 0 bridgehead atoms. The first kappa shape index (κ1) is 59.1. The van der Waals surface area contributed by atoms with Crippen LogP contribution < -0.4 is 82.7 Å². The first-order chi connectivity index (χ1) is 35.7. The molecule has 0 saturated carbocycles. The van der Waals surface area contributed by atoms with E-state index in [1.54, 1.807) is 30.5 Å². The SMILES string of the molecule is C=C(N)C1CCCNC(=O)CC[C@H](NC(=O)[C@H](CCCN=C(N)N)NC(C)=O)C(=O)N[C@@H](CCN)C(=O)N[C@H](Cc2ccc(N)cc2)C(=O)N[C@@H](CCCN=C(N)N)C(=O)N[C@@H](Cc2c[nH]c3ccccc23)C(=O)N1. The second-order valence-electron chi connectivity index (χ2n) is 18.2. The Balaban J connectivity index is 1.77. The van der Waals surface area contributed by atoms with Crippen LogP contribution in [0.4, 0.5) is 5.69 Å². The lowest BCUT2D eigenvalue weighted by Crippen LogP contribution is -2.60. The number of hydrogen-bond acceptors (Lipinski definition) is 13. The van der Waals surface area contributed by atoms with Crippen molar-refractivity contribution in [3.63, 3.8) is 0 Å². The standard InChI is InChI=1S/C49H74N18O8/c1-27(51)33-10-5-21-57-41(69)18-17-37(64-42(70)35(61-28(2)68)11-6-22-58-48(53)54)44(72)65-38(19-20-50)45(73)66-39(24-29-13-15-31(52)16-14-29)46(74)63-36(12-7-23-59-49(55)56)43(71)67-40(47(75)62-33)25-30-26-60-34-9-4-3-8-32(30)34/h3-4,8-9,13-16,26,33,35-40,60H,1,5-7,10-12,17-25,50-52H2,2H3,(H,57,69)(H,61,68)(H,62,75)(H,63,74)(H,64,70)(H,65,72)(H,66,73)(H,67,71)(H4,53,54,58)(H4,55,56,59)/t33?,35-,36-,37-,38-,39+,40-/m0/s1. The molecule has 1 aromatic heterocycles. The zero-order valence-corrected chi connectivity index (χ0v) is 42.3. The van der Waals surface area contributed by atoms with E-state index in [2.05, 4.69) is 64.1 Å². The molecule has 1 aliphatic rings. The number of nitrogen functional groups attached to an aromatic ring is 1. The smallest absolute Gasteiger partial charge is 0.243 e. The highest BCUT2D eigenvalue weighted by Gasteiger charge is 2.34. The minimum Gasteiger partial charge on any atom is -0.401 e. The van der Waals surface area contributed by atoms with Crippen LogP contribution in [0.3, 0.4) is 0 Å². The minimum absolute atomic E-state index is 0.00504. The summed E-state index contributed by atoms with van der Waals surface area (Å²) in [4.78, 5) is 123. The van der Waals surface area contributed by atoms with E-state index in [4.69, 9.17) is 40.1 Å². The molecule has 0 aliphatic carbocycles. The molecule has 26 nitrogen and oxygen atoms in total. The normalized spacial score (nSPS) is 21.1. The van der Waals surface area contributed by atoms with Crippen LogP contribution in [0, 0.1) is 0 Å². The highest BCUT2D eigenvalue weighted by molar-refractivity contribution is 5.97. The summed E-state index contributed by atoms with van der Waals surface area (Å²) in [5, 5.41) is 22.6. The van der Waals surface area contributed by atoms with Gasteiger partial charge in [0.1, 0.15) is 36.3 Å². The van der Waals surface area contributed by atoms with Crippen LogP contribution in [0.15, 0.2) is 77.0 Å². The summed E-state index contributed by atoms with van der Waals surface area (Å²) >= 11 is 0. The van der Waals surface area contributed by atoms with Crippen LogP contribution in [0.2, 0.25) is 0 Å². The van der Waals surface area contributed by atoms with Crippen LogP contribution in [0.5, 0.6) is 0 Å². The number of H-pyrrole nitrogens is 1. The Labute approximate surface area is 434 Å². The van der Waals surface area contributed by atoms with Gasteiger partial charge in [-0.2, -0.15) is 0 Å². The topological polar surface area (TPSA) is 455 Å². The minimum atomic E-state index is -1.45. The zero-order valence-electron chi connectivity index (χ0n) is 42.3. The van der Waals surface area contributed by atoms with E-state index < -0.39 is 89.6 Å². The fraction of sp³-hybridized carbons (Fsp3) is 0.469. The number of benzene rings is 2. The molecule has 8 amide bonds. The van der Waals surface area contributed by atoms with Gasteiger partial charge in [-0.1, -0.05) is 36.9 Å². The Morgan fingerprint density at radius 1 is 0.733 bits per heavy atom. The summed E-state index contributed by atoms with van der Waals surface area (Å²) in [5.74, 6) is -6.14. The molecular formula is C49H74N18O8. The maximum atomic E-state index is 14.6. The Hall–Kier alpha value is -8.42. The summed E-state index contributed by atoms with van der Waals surface area (Å²) in [6.07, 6.45) is 1.82. The Kier molecular flexibility index (Phi) is 23.6. The van der Waals surface area contributed by atoms with Gasteiger partial charge in [-0.05, 0) is 87.2 Å². The summed E-state index contributed by atoms with van der Waals surface area (Å²) in [6, 6.07) is 5.08. The van der Waals surface area contributed by atoms with Crippen LogP contribution >= 0.6 is 0 Å². The number of carbonyl (C=O) groups excluding carboxylic acids is 8. The van der Waals surface area contributed by atoms with Crippen molar-refractivity contribution in [3.8, 4) is 0 Å². The first-order valence-electron chi connectivity index (χ1n) is 24.7. The van der Waals surface area contributed by atoms with E-state index in [0.717, 1.165) is 10.9 Å². The van der Waals surface area contributed by atoms with Gasteiger partial charge >= 0.3 is 0 Å². The van der Waals surface area contributed by atoms with E-state index in [9.17, 15) is 38.4 Å². The molecule has 1 fully saturated rings. The molecule has 75 heavy (non-hydrogen) atoms. The molecule has 2 aromatic carbocycles. The van der Waals surface area contributed by atoms with Gasteiger partial charge in [0.15, 0.2) is 11.9 Å². The van der Waals surface area contributed by atoms with Crippen molar-refractivity contribution in [3.05, 3.63) is 78.1 Å². The van der Waals surface area contributed by atoms with E-state index in [1.807, 2.05) is 24.3 Å². The van der Waals surface area contributed by atoms with Crippen molar-refractivity contribution in [2.45, 2.75) is 120 Å². The van der Waals surface area contributed by atoms with Gasteiger partial charge in [0, 0.05) is 74.3 Å². The number of nitrogens with zero attached hydrogens (tertiary/aromatic N) is 2. The highest BCUT2D eigenvalue weighted by atomic mass is 16.2. The van der Waals surface area contributed by atoms with Gasteiger partial charge in [0.05, 0.1) is 6.04 Å². The summed E-state index contributed by atoms with van der Waals surface area (Å²) in [7, 11) is 0. The van der Waals surface area contributed by atoms with Crippen molar-refractivity contribution in [2.24, 2.45) is 44.4 Å². The van der Waals surface area contributed by atoms with Gasteiger partial charge in [-0.15, -0.1) is 0 Å². The number of anilines is 1. The molecule has 0 radical (unpaired) electrons. The third kappa shape index (κ3) is 20.2. The number of carbonyl (C=O) groups is 8. The molecule has 23 N–H and O–H groups in total. The molecular weight excluding hydrogens is 969 g/mol. The summed E-state index contributed by atoms with van der Waals surface area (Å²) in [5.41, 5.74) is 42.7. The van der Waals surface area contributed by atoms with Crippen LogP contribution in [0.1, 0.15) is 75.8 Å². The number of rotatable bonds is 18. The fourth-order valence-electron chi connectivity index (χ4n) is 8.20. The average Bonchev–Trinajstić information content (AvgIpc) is 3.77. The quantitative estimate of drug-likeness (QED) is 0.0255. The number of guanidine groups is 2. The van der Waals surface area contributed by atoms with E-state index >= 15 is 0 Å². The zero-order chi connectivity index (χ0) is 55.0. The molecule has 1 saturated heterocycles. The predicted molar refractivity (Wildman–Crippen MR) is 284 cm³/mol. The van der Waals surface area contributed by atoms with Gasteiger partial charge in [0.25, 0.3) is 0 Å². The van der Waals surface area contributed by atoms with E-state index in [1.165, 1.54) is 6.92 Å². The number of hydrogen-bond donors (Lipinski definition) is 16. The number of para-hydroxylation sites is 1. The Morgan fingerprint density at radius 3 is 1.96 bits per heavy atom. The third-order valence-corrected chi connectivity index (χ3v) is 12.1. The molecule has 1 aliphatic heterocycles. The highest BCUT2D eigenvalue weighted by Crippen LogP contribution is 2.20. The van der Waals surface area contributed by atoms with Crippen molar-refractivity contribution in [1.29, 1.82) is 0 Å². The van der Waals surface area contributed by atoms with Crippen molar-refractivity contribution >= 4 is 75.8 Å². The molecule has 2 heterocycles. The van der Waals surface area contributed by atoms with Gasteiger partial charge in [-0.25, -0.2) is 0 Å². The largest absolute Gasteiger partial charge is 0.401 e. The third-order valence-electron chi connectivity index (χ3n) is 12.1. The van der Waals surface area contributed by atoms with Crippen molar-refractivity contribution in [1.82, 2.24) is 47.5 Å². The number of nitrogens with two attached hydrogens (primary N) is 7. The fourth-order valence-corrected chi connectivity index (χ4v) is 8.20. The lowest BCUT2D eigenvalue weighted by atomic mass is 10.0.